The number of hydrogen-bond donors (Lipinski definition) is 2. The van der Waals surface area contributed by atoms with Crippen LogP contribution < -0.4 is 20.7 Å². The van der Waals surface area contributed by atoms with Gasteiger partial charge in [0, 0.05) is 45.0 Å². The van der Waals surface area contributed by atoms with Crippen molar-refractivity contribution in [3.8, 4) is 0 Å². The van der Waals surface area contributed by atoms with Gasteiger partial charge in [-0.1, -0.05) is 11.6 Å². The van der Waals surface area contributed by atoms with Crippen LogP contribution in [-0.4, -0.2) is 52.3 Å². The van der Waals surface area contributed by atoms with Gasteiger partial charge in [0.25, 0.3) is 0 Å². The van der Waals surface area contributed by atoms with Gasteiger partial charge in [0.15, 0.2) is 5.82 Å². The SMILES string of the molecule is O=C(CC1CC1)NNc1nncc(N2CCN(c3ncccn3)CC2)c1Cl. The first-order chi connectivity index (χ1) is 13.2. The molecular weight excluding hydrogens is 368 g/mol. The number of aromatic nitrogens is 4. The van der Waals surface area contributed by atoms with Crippen LogP contribution in [0.3, 0.4) is 0 Å². The van der Waals surface area contributed by atoms with E-state index in [0.29, 0.717) is 23.2 Å². The van der Waals surface area contributed by atoms with Crippen LogP contribution in [0.4, 0.5) is 17.5 Å². The molecule has 9 nitrogen and oxygen atoms in total. The molecule has 1 amide bonds. The number of nitrogens with one attached hydrogen (secondary N) is 2. The summed E-state index contributed by atoms with van der Waals surface area (Å²) in [5.74, 6) is 1.55. The minimum absolute atomic E-state index is 0.0581. The minimum atomic E-state index is -0.0581. The number of nitrogens with zero attached hydrogens (tertiary/aromatic N) is 6. The first kappa shape index (κ1) is 17.7. The second kappa shape index (κ2) is 7.91. The summed E-state index contributed by atoms with van der Waals surface area (Å²) in [6, 6.07) is 1.81. The van der Waals surface area contributed by atoms with Gasteiger partial charge in [-0.2, -0.15) is 5.10 Å². The van der Waals surface area contributed by atoms with Gasteiger partial charge in [-0.05, 0) is 24.8 Å². The molecule has 1 saturated carbocycles. The lowest BCUT2D eigenvalue weighted by Gasteiger charge is -2.36. The van der Waals surface area contributed by atoms with Crippen LogP contribution in [-0.2, 0) is 4.79 Å². The lowest BCUT2D eigenvalue weighted by molar-refractivity contribution is -0.120. The van der Waals surface area contributed by atoms with Gasteiger partial charge >= 0.3 is 0 Å². The highest BCUT2D eigenvalue weighted by atomic mass is 35.5. The molecule has 4 rings (SSSR count). The Hall–Kier alpha value is -2.68. The maximum absolute atomic E-state index is 11.8. The number of hydrazine groups is 1. The molecule has 0 spiro atoms. The van der Waals surface area contributed by atoms with E-state index in [1.165, 1.54) is 0 Å². The zero-order valence-corrected chi connectivity index (χ0v) is 15.6. The molecule has 10 heteroatoms. The van der Waals surface area contributed by atoms with E-state index in [2.05, 4.69) is 40.8 Å². The van der Waals surface area contributed by atoms with E-state index in [1.807, 2.05) is 0 Å². The fourth-order valence-corrected chi connectivity index (χ4v) is 3.28. The number of piperazine rings is 1. The molecule has 1 aliphatic heterocycles. The van der Waals surface area contributed by atoms with Gasteiger partial charge in [0.2, 0.25) is 11.9 Å². The van der Waals surface area contributed by atoms with Gasteiger partial charge in [-0.15, -0.1) is 5.10 Å². The molecule has 2 fully saturated rings. The Kier molecular flexibility index (Phi) is 5.19. The summed E-state index contributed by atoms with van der Waals surface area (Å²) in [6.07, 6.45) is 7.92. The number of hydrogen-bond acceptors (Lipinski definition) is 8. The van der Waals surface area contributed by atoms with Crippen LogP contribution in [0, 0.1) is 5.92 Å². The van der Waals surface area contributed by atoms with Crippen molar-refractivity contribution in [2.45, 2.75) is 19.3 Å². The van der Waals surface area contributed by atoms with E-state index < -0.39 is 0 Å². The molecule has 1 aliphatic carbocycles. The minimum Gasteiger partial charge on any atom is -0.365 e. The number of anilines is 3. The van der Waals surface area contributed by atoms with Crippen LogP contribution in [0.25, 0.3) is 0 Å². The lowest BCUT2D eigenvalue weighted by atomic mass is 10.3. The summed E-state index contributed by atoms with van der Waals surface area (Å²) >= 11 is 6.50. The van der Waals surface area contributed by atoms with Crippen LogP contribution >= 0.6 is 11.6 Å². The Morgan fingerprint density at radius 3 is 2.56 bits per heavy atom. The summed E-state index contributed by atoms with van der Waals surface area (Å²) in [7, 11) is 0. The van der Waals surface area contributed by atoms with Crippen LogP contribution in [0.2, 0.25) is 5.02 Å². The Balaban J connectivity index is 1.37. The Morgan fingerprint density at radius 1 is 1.15 bits per heavy atom. The molecule has 1 saturated heterocycles. The Labute approximate surface area is 162 Å². The maximum Gasteiger partial charge on any atom is 0.238 e. The molecule has 2 N–H and O–H groups in total. The number of rotatable bonds is 6. The number of carbonyl (C=O) groups is 1. The molecule has 27 heavy (non-hydrogen) atoms. The first-order valence-electron chi connectivity index (χ1n) is 9.03. The summed E-state index contributed by atoms with van der Waals surface area (Å²) in [5.41, 5.74) is 6.24. The van der Waals surface area contributed by atoms with Crippen molar-refractivity contribution in [3.63, 3.8) is 0 Å². The standard InChI is InChI=1S/C17H21ClN8O/c18-15-13(11-21-23-16(15)24-22-14(27)10-12-2-3-12)25-6-8-26(9-7-25)17-19-4-1-5-20-17/h1,4-5,11-12H,2-3,6-10H2,(H,22,27)(H,23,24). The molecule has 2 aromatic heterocycles. The maximum atomic E-state index is 11.8. The molecule has 0 bridgehead atoms. The smallest absolute Gasteiger partial charge is 0.238 e. The quantitative estimate of drug-likeness (QED) is 0.718. The third-order valence-corrected chi connectivity index (χ3v) is 5.09. The molecule has 2 aromatic rings. The topological polar surface area (TPSA) is 99.2 Å². The van der Waals surface area contributed by atoms with Crippen molar-refractivity contribution >= 4 is 35.0 Å². The average Bonchev–Trinajstić information content (AvgIpc) is 3.52. The number of amides is 1. The van der Waals surface area contributed by atoms with E-state index in [-0.39, 0.29) is 5.91 Å². The van der Waals surface area contributed by atoms with Crippen molar-refractivity contribution in [3.05, 3.63) is 29.7 Å². The Bertz CT molecular complexity index is 793. The van der Waals surface area contributed by atoms with E-state index in [9.17, 15) is 4.79 Å². The van der Waals surface area contributed by atoms with Gasteiger partial charge in [0.05, 0.1) is 11.9 Å². The van der Waals surface area contributed by atoms with Gasteiger partial charge in [0.1, 0.15) is 5.02 Å². The lowest BCUT2D eigenvalue weighted by Crippen LogP contribution is -2.47. The van der Waals surface area contributed by atoms with E-state index >= 15 is 0 Å². The molecular formula is C17H21ClN8O. The first-order valence-corrected chi connectivity index (χ1v) is 9.41. The highest BCUT2D eigenvalue weighted by Gasteiger charge is 2.25. The predicted molar refractivity (Wildman–Crippen MR) is 103 cm³/mol. The molecule has 0 atom stereocenters. The van der Waals surface area contributed by atoms with Gasteiger partial charge in [-0.25, -0.2) is 9.97 Å². The molecule has 3 heterocycles. The monoisotopic (exact) mass is 388 g/mol. The van der Waals surface area contributed by atoms with Crippen molar-refractivity contribution in [2.24, 2.45) is 5.92 Å². The molecule has 0 unspecified atom stereocenters. The van der Waals surface area contributed by atoms with Crippen molar-refractivity contribution in [2.75, 3.05) is 41.4 Å². The summed E-state index contributed by atoms with van der Waals surface area (Å²) in [4.78, 5) is 24.7. The fourth-order valence-electron chi connectivity index (χ4n) is 3.03. The fraction of sp³-hybridized carbons (Fsp3) is 0.471. The van der Waals surface area contributed by atoms with Crippen molar-refractivity contribution in [1.82, 2.24) is 25.6 Å². The second-order valence-corrected chi connectivity index (χ2v) is 7.11. The zero-order chi connectivity index (χ0) is 18.6. The van der Waals surface area contributed by atoms with E-state index in [0.717, 1.165) is 50.7 Å². The molecule has 2 aliphatic rings. The van der Waals surface area contributed by atoms with Crippen molar-refractivity contribution < 1.29 is 4.79 Å². The molecule has 142 valence electrons. The van der Waals surface area contributed by atoms with Crippen LogP contribution in [0.5, 0.6) is 0 Å². The largest absolute Gasteiger partial charge is 0.365 e. The van der Waals surface area contributed by atoms with Crippen LogP contribution in [0.1, 0.15) is 19.3 Å². The second-order valence-electron chi connectivity index (χ2n) is 6.74. The van der Waals surface area contributed by atoms with Crippen LogP contribution in [0.15, 0.2) is 24.7 Å². The van der Waals surface area contributed by atoms with E-state index in [4.69, 9.17) is 11.6 Å². The summed E-state index contributed by atoms with van der Waals surface area (Å²) < 4.78 is 0. The summed E-state index contributed by atoms with van der Waals surface area (Å²) in [6.45, 7) is 3.08. The number of halogens is 1. The van der Waals surface area contributed by atoms with E-state index in [1.54, 1.807) is 24.7 Å². The van der Waals surface area contributed by atoms with Gasteiger partial charge < -0.3 is 9.80 Å². The number of carbonyl (C=O) groups excluding carboxylic acids is 1. The average molecular weight is 389 g/mol. The normalized spacial score (nSPS) is 16.9. The van der Waals surface area contributed by atoms with Gasteiger partial charge in [-0.3, -0.25) is 15.6 Å². The predicted octanol–water partition coefficient (Wildman–Crippen LogP) is 1.49. The third-order valence-electron chi connectivity index (χ3n) is 4.72. The highest BCUT2D eigenvalue weighted by molar-refractivity contribution is 6.35. The molecule has 0 aromatic carbocycles. The van der Waals surface area contributed by atoms with Crippen molar-refractivity contribution in [1.29, 1.82) is 0 Å². The molecule has 0 radical (unpaired) electrons. The third kappa shape index (κ3) is 4.36. The summed E-state index contributed by atoms with van der Waals surface area (Å²) in [5, 5.41) is 8.46. The Morgan fingerprint density at radius 2 is 1.85 bits per heavy atom. The highest BCUT2D eigenvalue weighted by Crippen LogP contribution is 2.33. The zero-order valence-electron chi connectivity index (χ0n) is 14.8.